The molecule has 0 heterocycles. The van der Waals surface area contributed by atoms with Gasteiger partial charge >= 0.3 is 0 Å². The molecule has 1 aromatic carbocycles. The van der Waals surface area contributed by atoms with Crippen LogP contribution in [0.5, 0.6) is 0 Å². The molecule has 0 amide bonds. The Labute approximate surface area is 93.7 Å². The van der Waals surface area contributed by atoms with Gasteiger partial charge in [-0.15, -0.1) is 0 Å². The molecule has 16 heavy (non-hydrogen) atoms. The first-order valence-corrected chi connectivity index (χ1v) is 5.35. The lowest BCUT2D eigenvalue weighted by atomic mass is 9.70. The van der Waals surface area contributed by atoms with Crippen molar-refractivity contribution in [3.05, 3.63) is 35.6 Å². The number of Topliss-reactive ketones (excluding diaryl/α,β-unsaturated/α-hetero) is 1. The summed E-state index contributed by atoms with van der Waals surface area (Å²) in [6.07, 6.45) is 2.24. The lowest BCUT2D eigenvalue weighted by Crippen LogP contribution is -2.31. The molecule has 1 atom stereocenters. The van der Waals surface area contributed by atoms with Crippen molar-refractivity contribution in [2.45, 2.75) is 31.1 Å². The van der Waals surface area contributed by atoms with E-state index in [1.165, 1.54) is 12.1 Å². The van der Waals surface area contributed by atoms with Crippen LogP contribution in [-0.4, -0.2) is 5.78 Å². The van der Waals surface area contributed by atoms with E-state index in [9.17, 15) is 14.4 Å². The molecule has 1 fully saturated rings. The van der Waals surface area contributed by atoms with Crippen LogP contribution < -0.4 is 0 Å². The fourth-order valence-corrected chi connectivity index (χ4v) is 2.28. The Morgan fingerprint density at radius 3 is 2.56 bits per heavy atom. The van der Waals surface area contributed by atoms with Gasteiger partial charge in [0.05, 0.1) is 11.5 Å². The number of benzene rings is 1. The number of nitrogens with zero attached hydrogens (tertiary/aromatic N) is 1. The van der Waals surface area contributed by atoms with Gasteiger partial charge in [-0.05, 0) is 30.5 Å². The van der Waals surface area contributed by atoms with E-state index in [1.54, 1.807) is 12.1 Å². The van der Waals surface area contributed by atoms with Crippen molar-refractivity contribution in [2.75, 3.05) is 0 Å². The highest BCUT2D eigenvalue weighted by atomic mass is 19.1. The second-order valence-electron chi connectivity index (χ2n) is 4.27. The summed E-state index contributed by atoms with van der Waals surface area (Å²) >= 11 is 0. The smallest absolute Gasteiger partial charge is 0.134 e. The lowest BCUT2D eigenvalue weighted by molar-refractivity contribution is -0.121. The molecular weight excluding hydrogens is 205 g/mol. The minimum Gasteiger partial charge on any atom is -0.300 e. The van der Waals surface area contributed by atoms with E-state index in [0.717, 1.165) is 12.0 Å². The molecule has 0 aliphatic heterocycles. The minimum absolute atomic E-state index is 0.122. The summed E-state index contributed by atoms with van der Waals surface area (Å²) in [4.78, 5) is 11.5. The Morgan fingerprint density at radius 2 is 2.00 bits per heavy atom. The van der Waals surface area contributed by atoms with Gasteiger partial charge in [0.25, 0.3) is 0 Å². The van der Waals surface area contributed by atoms with Crippen LogP contribution in [0.4, 0.5) is 4.39 Å². The maximum atomic E-state index is 12.8. The van der Waals surface area contributed by atoms with Gasteiger partial charge in [-0.25, -0.2) is 4.39 Å². The topological polar surface area (TPSA) is 40.9 Å². The highest BCUT2D eigenvalue weighted by Gasteiger charge is 2.37. The second kappa shape index (κ2) is 4.05. The first-order chi connectivity index (χ1) is 7.66. The Morgan fingerprint density at radius 1 is 1.31 bits per heavy atom. The lowest BCUT2D eigenvalue weighted by Gasteiger charge is -2.30. The maximum absolute atomic E-state index is 12.8. The van der Waals surface area contributed by atoms with Gasteiger partial charge in [-0.3, -0.25) is 4.79 Å². The van der Waals surface area contributed by atoms with Crippen molar-refractivity contribution in [2.24, 2.45) is 0 Å². The molecule has 0 aromatic heterocycles. The molecule has 2 rings (SSSR count). The van der Waals surface area contributed by atoms with Crippen molar-refractivity contribution in [1.29, 1.82) is 5.26 Å². The number of hydrogen-bond acceptors (Lipinski definition) is 2. The molecule has 0 spiro atoms. The van der Waals surface area contributed by atoms with Crippen molar-refractivity contribution in [3.8, 4) is 6.07 Å². The van der Waals surface area contributed by atoms with Crippen LogP contribution in [0.1, 0.15) is 31.2 Å². The number of carbonyl (C=O) groups excluding carboxylic acids is 1. The third-order valence-corrected chi connectivity index (χ3v) is 3.17. The molecule has 1 aliphatic carbocycles. The molecule has 1 aliphatic rings. The van der Waals surface area contributed by atoms with E-state index in [0.29, 0.717) is 12.8 Å². The van der Waals surface area contributed by atoms with Crippen LogP contribution in [0.15, 0.2) is 24.3 Å². The zero-order valence-corrected chi connectivity index (χ0v) is 8.87. The van der Waals surface area contributed by atoms with E-state index < -0.39 is 5.41 Å². The predicted octanol–water partition coefficient (Wildman–Crippen LogP) is 2.73. The molecule has 82 valence electrons. The fourth-order valence-electron chi connectivity index (χ4n) is 2.28. The minimum atomic E-state index is -0.733. The molecule has 1 aromatic rings. The van der Waals surface area contributed by atoms with E-state index in [4.69, 9.17) is 0 Å². The van der Waals surface area contributed by atoms with Crippen molar-refractivity contribution >= 4 is 5.78 Å². The Balaban J connectivity index is 2.38. The van der Waals surface area contributed by atoms with E-state index >= 15 is 0 Å². The first kappa shape index (κ1) is 10.8. The number of hydrogen-bond donors (Lipinski definition) is 0. The molecule has 0 saturated heterocycles. The summed E-state index contributed by atoms with van der Waals surface area (Å²) in [7, 11) is 0. The number of ketones is 1. The van der Waals surface area contributed by atoms with Gasteiger partial charge in [0.2, 0.25) is 0 Å². The van der Waals surface area contributed by atoms with E-state index in [1.807, 2.05) is 0 Å². The van der Waals surface area contributed by atoms with Crippen molar-refractivity contribution in [3.63, 3.8) is 0 Å². The average Bonchev–Trinajstić information content (AvgIpc) is 2.29. The van der Waals surface area contributed by atoms with Gasteiger partial charge in [-0.2, -0.15) is 5.26 Å². The molecule has 0 radical (unpaired) electrons. The van der Waals surface area contributed by atoms with Gasteiger partial charge < -0.3 is 0 Å². The largest absolute Gasteiger partial charge is 0.300 e. The summed E-state index contributed by atoms with van der Waals surface area (Å²) in [5.74, 6) is -0.198. The Bertz CT molecular complexity index is 446. The van der Waals surface area contributed by atoms with E-state index in [-0.39, 0.29) is 18.0 Å². The fraction of sp³-hybridized carbons (Fsp3) is 0.385. The van der Waals surface area contributed by atoms with Crippen LogP contribution >= 0.6 is 0 Å². The number of nitriles is 1. The summed E-state index contributed by atoms with van der Waals surface area (Å²) in [5, 5.41) is 9.29. The summed E-state index contributed by atoms with van der Waals surface area (Å²) < 4.78 is 12.8. The second-order valence-corrected chi connectivity index (χ2v) is 4.27. The van der Waals surface area contributed by atoms with Gasteiger partial charge in [0, 0.05) is 12.8 Å². The summed E-state index contributed by atoms with van der Waals surface area (Å²) in [5.41, 5.74) is 0.0210. The molecule has 1 saturated carbocycles. The predicted molar refractivity (Wildman–Crippen MR) is 57.2 cm³/mol. The van der Waals surface area contributed by atoms with Gasteiger partial charge in [0.1, 0.15) is 11.6 Å². The zero-order chi connectivity index (χ0) is 11.6. The molecule has 0 bridgehead atoms. The van der Waals surface area contributed by atoms with Crippen LogP contribution in [0.25, 0.3) is 0 Å². The number of halogens is 1. The highest BCUT2D eigenvalue weighted by Crippen LogP contribution is 2.37. The van der Waals surface area contributed by atoms with Crippen LogP contribution in [0.3, 0.4) is 0 Å². The monoisotopic (exact) mass is 217 g/mol. The Kier molecular flexibility index (Phi) is 2.74. The normalized spacial score (nSPS) is 25.1. The standard InChI is InChI=1S/C13H12FNO/c14-11-5-3-10(4-6-11)13(9-15)7-1-2-12(16)8-13/h3-6H,1-2,7-8H2. The number of rotatable bonds is 1. The molecule has 2 nitrogen and oxygen atoms in total. The first-order valence-electron chi connectivity index (χ1n) is 5.35. The molecule has 0 N–H and O–H groups in total. The molecule has 3 heteroatoms. The maximum Gasteiger partial charge on any atom is 0.134 e. The van der Waals surface area contributed by atoms with Crippen molar-refractivity contribution in [1.82, 2.24) is 0 Å². The van der Waals surface area contributed by atoms with E-state index in [2.05, 4.69) is 6.07 Å². The van der Waals surface area contributed by atoms with Gasteiger partial charge in [0.15, 0.2) is 0 Å². The number of carbonyl (C=O) groups is 1. The average molecular weight is 217 g/mol. The molecule has 1 unspecified atom stereocenters. The van der Waals surface area contributed by atoms with Crippen LogP contribution in [0, 0.1) is 17.1 Å². The van der Waals surface area contributed by atoms with Gasteiger partial charge in [-0.1, -0.05) is 12.1 Å². The third-order valence-electron chi connectivity index (χ3n) is 3.17. The summed E-state index contributed by atoms with van der Waals surface area (Å²) in [6.45, 7) is 0. The zero-order valence-electron chi connectivity index (χ0n) is 8.87. The quantitative estimate of drug-likeness (QED) is 0.725. The molecular formula is C13H12FNO. The highest BCUT2D eigenvalue weighted by molar-refractivity contribution is 5.81. The SMILES string of the molecule is N#CC1(c2ccc(F)cc2)CCCC(=O)C1. The van der Waals surface area contributed by atoms with Crippen LogP contribution in [0.2, 0.25) is 0 Å². The van der Waals surface area contributed by atoms with Crippen molar-refractivity contribution < 1.29 is 9.18 Å². The Hall–Kier alpha value is -1.69. The summed E-state index contributed by atoms with van der Waals surface area (Å²) in [6, 6.07) is 8.14. The van der Waals surface area contributed by atoms with Crippen LogP contribution in [-0.2, 0) is 10.2 Å². The third kappa shape index (κ3) is 1.83.